The second-order valence-electron chi connectivity index (χ2n) is 5.11. The lowest BCUT2D eigenvalue weighted by atomic mass is 9.94. The van der Waals surface area contributed by atoms with Gasteiger partial charge in [-0.1, -0.05) is 6.07 Å². The summed E-state index contributed by atoms with van der Waals surface area (Å²) in [6, 6.07) is 5.44. The van der Waals surface area contributed by atoms with Crippen molar-refractivity contribution in [3.05, 3.63) is 34.3 Å². The van der Waals surface area contributed by atoms with Crippen molar-refractivity contribution in [2.75, 3.05) is 7.05 Å². The number of aryl methyl sites for hydroxylation is 1. The van der Waals surface area contributed by atoms with Crippen molar-refractivity contribution in [1.82, 2.24) is 9.58 Å². The van der Waals surface area contributed by atoms with Gasteiger partial charge in [-0.05, 0) is 30.5 Å². The van der Waals surface area contributed by atoms with Gasteiger partial charge in [0.2, 0.25) is 5.91 Å². The van der Waals surface area contributed by atoms with Crippen molar-refractivity contribution in [3.8, 4) is 0 Å². The first kappa shape index (κ1) is 12.0. The third-order valence-electron chi connectivity index (χ3n) is 3.82. The molecule has 0 saturated heterocycles. The average Bonchev–Trinajstić information content (AvgIpc) is 3.13. The first-order valence-electron chi connectivity index (χ1n) is 6.09. The van der Waals surface area contributed by atoms with Gasteiger partial charge in [0.05, 0.1) is 10.9 Å². The second kappa shape index (κ2) is 3.71. The molecular formula is C13H15N3O3. The van der Waals surface area contributed by atoms with Crippen LogP contribution in [0, 0.1) is 0 Å². The zero-order valence-corrected chi connectivity index (χ0v) is 10.8. The summed E-state index contributed by atoms with van der Waals surface area (Å²) in [5.74, 6) is 5.04. The Labute approximate surface area is 109 Å². The minimum Gasteiger partial charge on any atom is -0.408 e. The fraction of sp³-hybridized carbons (Fsp3) is 0.385. The third-order valence-corrected chi connectivity index (χ3v) is 3.82. The number of carbonyl (C=O) groups is 1. The van der Waals surface area contributed by atoms with E-state index in [1.165, 1.54) is 4.57 Å². The number of carbonyl (C=O) groups excluding carboxylic acids is 1. The molecule has 0 radical (unpaired) electrons. The van der Waals surface area contributed by atoms with Crippen LogP contribution < -0.4 is 11.6 Å². The van der Waals surface area contributed by atoms with Crippen LogP contribution >= 0.6 is 0 Å². The van der Waals surface area contributed by atoms with E-state index in [0.717, 1.165) is 28.9 Å². The maximum absolute atomic E-state index is 12.1. The number of nitrogens with two attached hydrogens (primary N) is 1. The van der Waals surface area contributed by atoms with E-state index in [2.05, 4.69) is 0 Å². The summed E-state index contributed by atoms with van der Waals surface area (Å²) in [7, 11) is 3.20. The summed E-state index contributed by atoms with van der Waals surface area (Å²) >= 11 is 0. The normalized spacial score (nSPS) is 16.6. The summed E-state index contributed by atoms with van der Waals surface area (Å²) < 4.78 is 6.59. The molecule has 1 aromatic heterocycles. The lowest BCUT2D eigenvalue weighted by Crippen LogP contribution is -2.41. The Morgan fingerprint density at radius 2 is 2.16 bits per heavy atom. The van der Waals surface area contributed by atoms with E-state index in [1.807, 2.05) is 6.07 Å². The van der Waals surface area contributed by atoms with Crippen molar-refractivity contribution >= 4 is 17.0 Å². The van der Waals surface area contributed by atoms with Gasteiger partial charge in [0.15, 0.2) is 5.58 Å². The standard InChI is InChI=1S/C13H15N3O3/c1-15-9-4-3-8(7-10(9)19-12(15)18)13(5-6-13)11(17)16(2)14/h3-4,7H,5-6,14H2,1-2H3. The number of oxazole rings is 1. The van der Waals surface area contributed by atoms with Crippen LogP contribution in [0.15, 0.2) is 27.4 Å². The van der Waals surface area contributed by atoms with Crippen LogP contribution in [0.2, 0.25) is 0 Å². The van der Waals surface area contributed by atoms with Crippen molar-refractivity contribution in [3.63, 3.8) is 0 Å². The molecule has 6 nitrogen and oxygen atoms in total. The van der Waals surface area contributed by atoms with Crippen LogP contribution in [-0.2, 0) is 17.3 Å². The van der Waals surface area contributed by atoms with Crippen molar-refractivity contribution in [2.45, 2.75) is 18.3 Å². The van der Waals surface area contributed by atoms with Crippen LogP contribution in [0.3, 0.4) is 0 Å². The molecule has 1 heterocycles. The SMILES string of the molecule is CN(N)C(=O)C1(c2ccc3c(c2)oc(=O)n3C)CC1. The van der Waals surface area contributed by atoms with Gasteiger partial charge in [0.1, 0.15) is 0 Å². The molecule has 1 amide bonds. The van der Waals surface area contributed by atoms with Gasteiger partial charge < -0.3 is 4.42 Å². The molecule has 1 fully saturated rings. The minimum atomic E-state index is -0.536. The lowest BCUT2D eigenvalue weighted by molar-refractivity contribution is -0.132. The molecule has 6 heteroatoms. The molecule has 0 unspecified atom stereocenters. The molecule has 1 aromatic carbocycles. The molecule has 2 aromatic rings. The third kappa shape index (κ3) is 1.60. The molecule has 0 aliphatic heterocycles. The highest BCUT2D eigenvalue weighted by molar-refractivity contribution is 5.91. The number of nitrogens with zero attached hydrogens (tertiary/aromatic N) is 2. The Kier molecular flexibility index (Phi) is 2.34. The zero-order valence-electron chi connectivity index (χ0n) is 10.8. The van der Waals surface area contributed by atoms with Crippen LogP contribution in [0.5, 0.6) is 0 Å². The molecule has 1 aliphatic carbocycles. The van der Waals surface area contributed by atoms with Gasteiger partial charge in [0.25, 0.3) is 0 Å². The average molecular weight is 261 g/mol. The Morgan fingerprint density at radius 3 is 2.74 bits per heavy atom. The van der Waals surface area contributed by atoms with Gasteiger partial charge >= 0.3 is 5.76 Å². The molecule has 0 bridgehead atoms. The van der Waals surface area contributed by atoms with Crippen LogP contribution in [0.1, 0.15) is 18.4 Å². The fourth-order valence-electron chi connectivity index (χ4n) is 2.52. The number of hydrogen-bond donors (Lipinski definition) is 1. The molecular weight excluding hydrogens is 246 g/mol. The largest absolute Gasteiger partial charge is 0.419 e. The molecule has 1 aliphatic rings. The Hall–Kier alpha value is -2.08. The Balaban J connectivity index is 2.12. The van der Waals surface area contributed by atoms with Gasteiger partial charge in [-0.15, -0.1) is 0 Å². The topological polar surface area (TPSA) is 81.5 Å². The van der Waals surface area contributed by atoms with Gasteiger partial charge in [-0.25, -0.2) is 10.6 Å². The number of likely N-dealkylation sites (N-methyl/N-ethyl adjacent to an activating group) is 1. The highest BCUT2D eigenvalue weighted by atomic mass is 16.4. The zero-order chi connectivity index (χ0) is 13.8. The van der Waals surface area contributed by atoms with E-state index < -0.39 is 11.2 Å². The highest BCUT2D eigenvalue weighted by Gasteiger charge is 2.52. The van der Waals surface area contributed by atoms with Crippen molar-refractivity contribution in [2.24, 2.45) is 12.9 Å². The minimum absolute atomic E-state index is 0.106. The van der Waals surface area contributed by atoms with Gasteiger partial charge in [-0.3, -0.25) is 14.4 Å². The highest BCUT2D eigenvalue weighted by Crippen LogP contribution is 2.49. The second-order valence-corrected chi connectivity index (χ2v) is 5.11. The van der Waals surface area contributed by atoms with E-state index in [-0.39, 0.29) is 5.91 Å². The molecule has 0 spiro atoms. The summed E-state index contributed by atoms with van der Waals surface area (Å²) in [5.41, 5.74) is 1.55. The van der Waals surface area contributed by atoms with E-state index in [0.29, 0.717) is 5.58 Å². The maximum Gasteiger partial charge on any atom is 0.419 e. The predicted octanol–water partition coefficient (Wildman–Crippen LogP) is 0.495. The molecule has 2 N–H and O–H groups in total. The summed E-state index contributed by atoms with van der Waals surface area (Å²) in [4.78, 5) is 23.6. The molecule has 19 heavy (non-hydrogen) atoms. The monoisotopic (exact) mass is 261 g/mol. The van der Waals surface area contributed by atoms with E-state index in [9.17, 15) is 9.59 Å². The predicted molar refractivity (Wildman–Crippen MR) is 69.3 cm³/mol. The number of hydrogen-bond acceptors (Lipinski definition) is 4. The van der Waals surface area contributed by atoms with Crippen LogP contribution in [-0.4, -0.2) is 22.5 Å². The van der Waals surface area contributed by atoms with E-state index in [1.54, 1.807) is 26.2 Å². The first-order valence-corrected chi connectivity index (χ1v) is 6.09. The number of fused-ring (bicyclic) bond motifs is 1. The summed E-state index contributed by atoms with van der Waals surface area (Å²) in [6.07, 6.45) is 1.55. The first-order chi connectivity index (χ1) is 8.95. The van der Waals surface area contributed by atoms with Gasteiger partial charge in [-0.2, -0.15) is 0 Å². The summed E-state index contributed by atoms with van der Waals surface area (Å²) in [5, 5.41) is 1.12. The van der Waals surface area contributed by atoms with Crippen LogP contribution in [0.4, 0.5) is 0 Å². The Bertz CT molecular complexity index is 722. The number of aromatic nitrogens is 1. The van der Waals surface area contributed by atoms with Crippen molar-refractivity contribution in [1.29, 1.82) is 0 Å². The fourth-order valence-corrected chi connectivity index (χ4v) is 2.52. The van der Waals surface area contributed by atoms with Gasteiger partial charge in [0, 0.05) is 14.1 Å². The van der Waals surface area contributed by atoms with E-state index >= 15 is 0 Å². The molecule has 3 rings (SSSR count). The number of rotatable bonds is 2. The quantitative estimate of drug-likeness (QED) is 0.485. The maximum atomic E-state index is 12.1. The molecule has 100 valence electrons. The van der Waals surface area contributed by atoms with Crippen molar-refractivity contribution < 1.29 is 9.21 Å². The number of benzene rings is 1. The number of amides is 1. The van der Waals surface area contributed by atoms with Crippen LogP contribution in [0.25, 0.3) is 11.1 Å². The number of hydrazine groups is 1. The Morgan fingerprint density at radius 1 is 1.47 bits per heavy atom. The van der Waals surface area contributed by atoms with E-state index in [4.69, 9.17) is 10.3 Å². The molecule has 0 atom stereocenters. The molecule has 1 saturated carbocycles. The smallest absolute Gasteiger partial charge is 0.408 e. The summed E-state index contributed by atoms with van der Waals surface area (Å²) in [6.45, 7) is 0. The lowest BCUT2D eigenvalue weighted by Gasteiger charge is -2.19.